The summed E-state index contributed by atoms with van der Waals surface area (Å²) in [7, 11) is 4.47. The number of aliphatic hydroxyl groups is 1. The number of aliphatic hydroxyl groups excluding tert-OH is 1. The zero-order chi connectivity index (χ0) is 17.6. The smallest absolute Gasteiger partial charge is 0.216 e. The first-order chi connectivity index (χ1) is 11.4. The summed E-state index contributed by atoms with van der Waals surface area (Å²) in [5.41, 5.74) is -0.923. The van der Waals surface area contributed by atoms with Gasteiger partial charge in [-0.2, -0.15) is 0 Å². The zero-order valence-electron chi connectivity index (χ0n) is 14.1. The first-order valence-corrected chi connectivity index (χ1v) is 8.17. The van der Waals surface area contributed by atoms with Gasteiger partial charge < -0.3 is 24.1 Å². The molecule has 1 N–H and O–H groups in total. The molecule has 0 unspecified atom stereocenters. The van der Waals surface area contributed by atoms with Crippen LogP contribution in [0.1, 0.15) is 30.1 Å². The number of ether oxygens (including phenoxy) is 4. The van der Waals surface area contributed by atoms with Crippen molar-refractivity contribution in [2.45, 2.75) is 37.6 Å². The van der Waals surface area contributed by atoms with Crippen LogP contribution in [0.25, 0.3) is 0 Å². The van der Waals surface area contributed by atoms with E-state index in [1.807, 2.05) is 6.92 Å². The number of hydrogen-bond donors (Lipinski definition) is 1. The van der Waals surface area contributed by atoms with Crippen LogP contribution >= 0.6 is 11.6 Å². The van der Waals surface area contributed by atoms with E-state index in [-0.39, 0.29) is 22.5 Å². The Morgan fingerprint density at radius 3 is 2.50 bits per heavy atom. The lowest BCUT2D eigenvalue weighted by Crippen LogP contribution is -2.61. The van der Waals surface area contributed by atoms with E-state index in [2.05, 4.69) is 0 Å². The van der Waals surface area contributed by atoms with Gasteiger partial charge in [0.15, 0.2) is 5.75 Å². The highest BCUT2D eigenvalue weighted by molar-refractivity contribution is 6.35. The normalized spacial score (nSPS) is 31.8. The molecule has 4 atom stereocenters. The number of Topliss-reactive ketones (excluding diaryl/α,β-unsaturated/α-hetero) is 1. The monoisotopic (exact) mass is 356 g/mol. The van der Waals surface area contributed by atoms with Crippen molar-refractivity contribution in [3.8, 4) is 17.2 Å². The fourth-order valence-corrected chi connectivity index (χ4v) is 4.11. The molecule has 6 nitrogen and oxygen atoms in total. The highest BCUT2D eigenvalue weighted by Crippen LogP contribution is 2.54. The van der Waals surface area contributed by atoms with Crippen LogP contribution in [0.15, 0.2) is 6.07 Å². The molecule has 0 aromatic heterocycles. The number of halogens is 1. The average Bonchev–Trinajstić information content (AvgIpc) is 2.87. The summed E-state index contributed by atoms with van der Waals surface area (Å²) in [5, 5.41) is 10.3. The maximum Gasteiger partial charge on any atom is 0.216 e. The van der Waals surface area contributed by atoms with E-state index in [1.54, 1.807) is 6.07 Å². The van der Waals surface area contributed by atoms with Gasteiger partial charge in [-0.3, -0.25) is 4.79 Å². The maximum atomic E-state index is 13.3. The van der Waals surface area contributed by atoms with Gasteiger partial charge >= 0.3 is 0 Å². The second-order valence-corrected chi connectivity index (χ2v) is 6.65. The first kappa shape index (κ1) is 17.3. The van der Waals surface area contributed by atoms with Crippen molar-refractivity contribution >= 4 is 17.4 Å². The molecule has 3 rings (SSSR count). The van der Waals surface area contributed by atoms with Gasteiger partial charge in [0.1, 0.15) is 28.2 Å². The molecule has 1 fully saturated rings. The lowest BCUT2D eigenvalue weighted by Gasteiger charge is -2.44. The third kappa shape index (κ3) is 2.20. The summed E-state index contributed by atoms with van der Waals surface area (Å²) < 4.78 is 22.3. The Balaban J connectivity index is 2.18. The van der Waals surface area contributed by atoms with E-state index in [0.717, 1.165) is 0 Å². The minimum Gasteiger partial charge on any atom is -0.496 e. The number of methoxy groups -OCH3 is 3. The summed E-state index contributed by atoms with van der Waals surface area (Å²) in [6.07, 6.45) is -0.362. The molecule has 132 valence electrons. The van der Waals surface area contributed by atoms with Crippen LogP contribution < -0.4 is 14.2 Å². The fraction of sp³-hybridized carbons (Fsp3) is 0.588. The standard InChI is InChI=1S/C17H21ClO6/c1-8-5-9(19)6-12(23-4)17(8)16(20)13-10(21-2)7-11(22-3)14(18)15(13)24-17/h7-9,12,19H,5-6H2,1-4H3/t8-,9+,12+,17+/m1/s1. The molecule has 0 saturated heterocycles. The van der Waals surface area contributed by atoms with E-state index in [1.165, 1.54) is 21.3 Å². The summed E-state index contributed by atoms with van der Waals surface area (Å²) in [6, 6.07) is 1.57. The molecular formula is C17H21ClO6. The van der Waals surface area contributed by atoms with Gasteiger partial charge in [0, 0.05) is 25.5 Å². The van der Waals surface area contributed by atoms with Crippen molar-refractivity contribution in [3.05, 3.63) is 16.7 Å². The largest absolute Gasteiger partial charge is 0.496 e. The molecule has 1 heterocycles. The zero-order valence-corrected chi connectivity index (χ0v) is 14.8. The molecule has 1 spiro atoms. The molecule has 7 heteroatoms. The second kappa shape index (κ2) is 6.10. The minimum absolute atomic E-state index is 0.228. The average molecular weight is 357 g/mol. The van der Waals surface area contributed by atoms with Crippen molar-refractivity contribution in [1.29, 1.82) is 0 Å². The van der Waals surface area contributed by atoms with Crippen molar-refractivity contribution in [2.75, 3.05) is 21.3 Å². The van der Waals surface area contributed by atoms with Crippen LogP contribution in [-0.4, -0.2) is 50.0 Å². The fourth-order valence-electron chi connectivity index (χ4n) is 3.85. The van der Waals surface area contributed by atoms with Gasteiger partial charge in [-0.1, -0.05) is 18.5 Å². The molecule has 1 aromatic rings. The number of rotatable bonds is 3. The molecule has 24 heavy (non-hydrogen) atoms. The predicted octanol–water partition coefficient (Wildman–Crippen LogP) is 2.48. The van der Waals surface area contributed by atoms with Crippen LogP contribution in [0.3, 0.4) is 0 Å². The lowest BCUT2D eigenvalue weighted by molar-refractivity contribution is -0.122. The Morgan fingerprint density at radius 1 is 1.25 bits per heavy atom. The van der Waals surface area contributed by atoms with Crippen LogP contribution in [0.2, 0.25) is 5.02 Å². The molecule has 2 aliphatic rings. The SMILES string of the molecule is COc1cc(OC)c2c(c1Cl)O[C@@]1(C2=O)[C@H](C)C[C@H](O)C[C@@H]1OC. The Bertz CT molecular complexity index is 676. The van der Waals surface area contributed by atoms with Crippen molar-refractivity contribution in [3.63, 3.8) is 0 Å². The molecule has 1 aliphatic heterocycles. The Labute approximate surface area is 145 Å². The van der Waals surface area contributed by atoms with Crippen LogP contribution in [0.5, 0.6) is 17.2 Å². The van der Waals surface area contributed by atoms with Gasteiger partial charge in [0.25, 0.3) is 0 Å². The number of fused-ring (bicyclic) bond motifs is 1. The number of carbonyl (C=O) groups is 1. The van der Waals surface area contributed by atoms with E-state index >= 15 is 0 Å². The topological polar surface area (TPSA) is 74.2 Å². The number of carbonyl (C=O) groups excluding carboxylic acids is 1. The molecule has 1 aromatic carbocycles. The van der Waals surface area contributed by atoms with Gasteiger partial charge in [-0.05, 0) is 6.42 Å². The Morgan fingerprint density at radius 2 is 1.92 bits per heavy atom. The molecule has 1 saturated carbocycles. The van der Waals surface area contributed by atoms with Gasteiger partial charge in [-0.15, -0.1) is 0 Å². The molecule has 0 radical (unpaired) electrons. The molecule has 1 aliphatic carbocycles. The molecule has 0 bridgehead atoms. The number of hydrogen-bond acceptors (Lipinski definition) is 6. The quantitative estimate of drug-likeness (QED) is 0.896. The van der Waals surface area contributed by atoms with Gasteiger partial charge in [0.2, 0.25) is 11.4 Å². The van der Waals surface area contributed by atoms with E-state index in [4.69, 9.17) is 30.5 Å². The van der Waals surface area contributed by atoms with Gasteiger partial charge in [-0.25, -0.2) is 0 Å². The molecule has 0 amide bonds. The Hall–Kier alpha value is -1.50. The van der Waals surface area contributed by atoms with Crippen LogP contribution in [0, 0.1) is 5.92 Å². The van der Waals surface area contributed by atoms with Crippen molar-refractivity contribution < 1.29 is 28.8 Å². The summed E-state index contributed by atoms with van der Waals surface area (Å²) >= 11 is 6.37. The summed E-state index contributed by atoms with van der Waals surface area (Å²) in [4.78, 5) is 13.3. The van der Waals surface area contributed by atoms with E-state index < -0.39 is 17.8 Å². The van der Waals surface area contributed by atoms with Crippen LogP contribution in [-0.2, 0) is 4.74 Å². The number of benzene rings is 1. The third-order valence-corrected chi connectivity index (χ3v) is 5.41. The molecular weight excluding hydrogens is 336 g/mol. The lowest BCUT2D eigenvalue weighted by atomic mass is 9.70. The highest BCUT2D eigenvalue weighted by atomic mass is 35.5. The summed E-state index contributed by atoms with van der Waals surface area (Å²) in [5.74, 6) is 0.488. The van der Waals surface area contributed by atoms with Crippen LogP contribution in [0.4, 0.5) is 0 Å². The predicted molar refractivity (Wildman–Crippen MR) is 87.4 cm³/mol. The van der Waals surface area contributed by atoms with Crippen molar-refractivity contribution in [2.24, 2.45) is 5.92 Å². The number of ketones is 1. The highest BCUT2D eigenvalue weighted by Gasteiger charge is 2.61. The summed E-state index contributed by atoms with van der Waals surface area (Å²) in [6.45, 7) is 1.87. The van der Waals surface area contributed by atoms with Gasteiger partial charge in [0.05, 0.1) is 20.3 Å². The van der Waals surface area contributed by atoms with Crippen molar-refractivity contribution in [1.82, 2.24) is 0 Å². The minimum atomic E-state index is -1.22. The van der Waals surface area contributed by atoms with E-state index in [0.29, 0.717) is 29.9 Å². The maximum absolute atomic E-state index is 13.3. The third-order valence-electron chi connectivity index (χ3n) is 5.05. The first-order valence-electron chi connectivity index (χ1n) is 7.79. The second-order valence-electron chi connectivity index (χ2n) is 6.27. The Kier molecular flexibility index (Phi) is 4.40. The van der Waals surface area contributed by atoms with E-state index in [9.17, 15) is 9.90 Å².